The minimum Gasteiger partial charge on any atom is -0.467 e. The van der Waals surface area contributed by atoms with E-state index in [1.807, 2.05) is 0 Å². The zero-order valence-corrected chi connectivity index (χ0v) is 16.0. The van der Waals surface area contributed by atoms with Gasteiger partial charge in [-0.05, 0) is 24.3 Å². The molecule has 0 aliphatic carbocycles. The van der Waals surface area contributed by atoms with Crippen molar-refractivity contribution < 1.29 is 14.3 Å². The lowest BCUT2D eigenvalue weighted by Crippen LogP contribution is -2.28. The zero-order chi connectivity index (χ0) is 19.6. The minimum absolute atomic E-state index is 0.101. The second-order valence-corrected chi connectivity index (χ2v) is 6.80. The number of methoxy groups -OCH3 is 1. The van der Waals surface area contributed by atoms with Gasteiger partial charge in [0.05, 0.1) is 19.2 Å². The van der Waals surface area contributed by atoms with Gasteiger partial charge in [0, 0.05) is 37.8 Å². The smallest absolute Gasteiger partial charge is 0.318 e. The van der Waals surface area contributed by atoms with Gasteiger partial charge in [0.1, 0.15) is 5.69 Å². The highest BCUT2D eigenvalue weighted by atomic mass is 35.5. The van der Waals surface area contributed by atoms with Gasteiger partial charge in [0.2, 0.25) is 11.8 Å². The number of hydrogen-bond donors (Lipinski definition) is 1. The molecule has 8 nitrogen and oxygen atoms in total. The highest BCUT2D eigenvalue weighted by molar-refractivity contribution is 6.30. The van der Waals surface area contributed by atoms with E-state index in [2.05, 4.69) is 15.3 Å². The first-order valence-electron chi connectivity index (χ1n) is 8.34. The van der Waals surface area contributed by atoms with E-state index in [1.165, 1.54) is 13.3 Å². The topological polar surface area (TPSA) is 87.7 Å². The number of carbonyl (C=O) groups is 2. The number of nitrogens with zero attached hydrogens (tertiary/aromatic N) is 4. The van der Waals surface area contributed by atoms with Crippen LogP contribution in [0.2, 0.25) is 5.02 Å². The van der Waals surface area contributed by atoms with E-state index < -0.39 is 5.92 Å². The monoisotopic (exact) mass is 389 g/mol. The van der Waals surface area contributed by atoms with Gasteiger partial charge in [-0.3, -0.25) is 9.59 Å². The number of carbonyl (C=O) groups excluding carboxylic acids is 2. The fraction of sp³-hybridized carbons (Fsp3) is 0.333. The molecule has 1 aliphatic rings. The second-order valence-electron chi connectivity index (χ2n) is 6.36. The molecule has 0 spiro atoms. The maximum absolute atomic E-state index is 12.7. The van der Waals surface area contributed by atoms with E-state index in [-0.39, 0.29) is 24.2 Å². The Morgan fingerprint density at radius 2 is 2.04 bits per heavy atom. The van der Waals surface area contributed by atoms with Gasteiger partial charge in [-0.1, -0.05) is 11.6 Å². The van der Waals surface area contributed by atoms with E-state index in [4.69, 9.17) is 16.3 Å². The van der Waals surface area contributed by atoms with Gasteiger partial charge in [-0.25, -0.2) is 4.98 Å². The van der Waals surface area contributed by atoms with Crippen molar-refractivity contribution in [1.29, 1.82) is 0 Å². The maximum Gasteiger partial charge on any atom is 0.318 e. The molecular weight excluding hydrogens is 370 g/mol. The summed E-state index contributed by atoms with van der Waals surface area (Å²) in [5.41, 5.74) is 1.18. The highest BCUT2D eigenvalue weighted by Gasteiger charge is 2.35. The van der Waals surface area contributed by atoms with Gasteiger partial charge in [0.25, 0.3) is 0 Å². The van der Waals surface area contributed by atoms with Crippen LogP contribution in [0.4, 0.5) is 17.2 Å². The summed E-state index contributed by atoms with van der Waals surface area (Å²) >= 11 is 5.89. The average molecular weight is 390 g/mol. The number of ether oxygens (including phenoxy) is 1. The molecular formula is C18H20ClN5O3. The van der Waals surface area contributed by atoms with Crippen molar-refractivity contribution in [3.8, 4) is 6.01 Å². The Morgan fingerprint density at radius 1 is 1.33 bits per heavy atom. The van der Waals surface area contributed by atoms with Gasteiger partial charge >= 0.3 is 6.01 Å². The number of rotatable bonds is 5. The molecule has 0 saturated carbocycles. The predicted molar refractivity (Wildman–Crippen MR) is 103 cm³/mol. The summed E-state index contributed by atoms with van der Waals surface area (Å²) < 4.78 is 5.03. The molecule has 1 fully saturated rings. The Morgan fingerprint density at radius 3 is 2.67 bits per heavy atom. The van der Waals surface area contributed by atoms with Crippen LogP contribution in [-0.4, -0.2) is 49.5 Å². The highest BCUT2D eigenvalue weighted by Crippen LogP contribution is 2.28. The van der Waals surface area contributed by atoms with Crippen LogP contribution in [0.1, 0.15) is 6.42 Å². The number of benzene rings is 1. The van der Waals surface area contributed by atoms with Crippen LogP contribution in [0.15, 0.2) is 30.5 Å². The SMILES string of the molecule is COc1ncc(NC(=O)C2CC(=O)N(c3ccc(Cl)cc3)C2)c(N(C)C)n1. The Balaban J connectivity index is 1.74. The third-order valence-electron chi connectivity index (χ3n) is 4.24. The lowest BCUT2D eigenvalue weighted by Gasteiger charge is -2.19. The largest absolute Gasteiger partial charge is 0.467 e. The number of hydrogen-bond acceptors (Lipinski definition) is 6. The van der Waals surface area contributed by atoms with Gasteiger partial charge in [-0.2, -0.15) is 4.98 Å². The Kier molecular flexibility index (Phi) is 5.46. The molecule has 2 heterocycles. The Hall–Kier alpha value is -2.87. The zero-order valence-electron chi connectivity index (χ0n) is 15.3. The van der Waals surface area contributed by atoms with E-state index in [1.54, 1.807) is 48.2 Å². The van der Waals surface area contributed by atoms with Crippen molar-refractivity contribution in [2.75, 3.05) is 42.9 Å². The molecule has 1 aromatic heterocycles. The summed E-state index contributed by atoms with van der Waals surface area (Å²) in [6.45, 7) is 0.306. The molecule has 1 N–H and O–H groups in total. The van der Waals surface area contributed by atoms with Gasteiger partial charge in [-0.15, -0.1) is 0 Å². The molecule has 1 saturated heterocycles. The molecule has 2 amide bonds. The summed E-state index contributed by atoms with van der Waals surface area (Å²) in [5, 5.41) is 3.42. The molecule has 142 valence electrons. The van der Waals surface area contributed by atoms with E-state index in [0.717, 1.165) is 5.69 Å². The molecule has 1 unspecified atom stereocenters. The normalized spacial score (nSPS) is 16.4. The van der Waals surface area contributed by atoms with Gasteiger partial charge < -0.3 is 19.9 Å². The number of halogens is 1. The van der Waals surface area contributed by atoms with Crippen LogP contribution in [0.5, 0.6) is 6.01 Å². The average Bonchev–Trinajstić information content (AvgIpc) is 3.04. The molecule has 0 radical (unpaired) electrons. The van der Waals surface area contributed by atoms with Crippen LogP contribution in [-0.2, 0) is 9.59 Å². The fourth-order valence-corrected chi connectivity index (χ4v) is 3.00. The summed E-state index contributed by atoms with van der Waals surface area (Å²) in [4.78, 5) is 36.7. The quantitative estimate of drug-likeness (QED) is 0.843. The number of anilines is 3. The first-order valence-corrected chi connectivity index (χ1v) is 8.72. The minimum atomic E-state index is -0.467. The molecule has 27 heavy (non-hydrogen) atoms. The van der Waals surface area contributed by atoms with Crippen LogP contribution >= 0.6 is 11.6 Å². The van der Waals surface area contributed by atoms with Crippen LogP contribution in [0.3, 0.4) is 0 Å². The fourth-order valence-electron chi connectivity index (χ4n) is 2.87. The van der Waals surface area contributed by atoms with Crippen molar-refractivity contribution in [2.24, 2.45) is 5.92 Å². The van der Waals surface area contributed by atoms with Crippen LogP contribution in [0.25, 0.3) is 0 Å². The first-order chi connectivity index (χ1) is 12.9. The summed E-state index contributed by atoms with van der Waals surface area (Å²) in [5.74, 6) is -0.299. The Labute approximate surface area is 162 Å². The lowest BCUT2D eigenvalue weighted by molar-refractivity contribution is -0.122. The molecule has 1 aliphatic heterocycles. The predicted octanol–water partition coefficient (Wildman–Crippen LogP) is 2.20. The van der Waals surface area contributed by atoms with E-state index >= 15 is 0 Å². The summed E-state index contributed by atoms with van der Waals surface area (Å²) in [6, 6.07) is 7.18. The molecule has 1 atom stereocenters. The second kappa shape index (κ2) is 7.79. The van der Waals surface area contributed by atoms with Crippen LogP contribution < -0.4 is 19.9 Å². The van der Waals surface area contributed by atoms with Crippen LogP contribution in [0, 0.1) is 5.92 Å². The summed E-state index contributed by atoms with van der Waals surface area (Å²) in [6.07, 6.45) is 1.63. The first kappa shape index (κ1) is 18.9. The molecule has 0 bridgehead atoms. The molecule has 1 aromatic carbocycles. The van der Waals surface area contributed by atoms with Gasteiger partial charge in [0.15, 0.2) is 5.82 Å². The van der Waals surface area contributed by atoms with Crippen molar-refractivity contribution in [2.45, 2.75) is 6.42 Å². The van der Waals surface area contributed by atoms with E-state index in [0.29, 0.717) is 23.1 Å². The Bertz CT molecular complexity index is 857. The van der Waals surface area contributed by atoms with E-state index in [9.17, 15) is 9.59 Å². The number of nitrogens with one attached hydrogen (secondary N) is 1. The lowest BCUT2D eigenvalue weighted by atomic mass is 10.1. The molecule has 2 aromatic rings. The molecule has 3 rings (SSSR count). The molecule has 9 heteroatoms. The maximum atomic E-state index is 12.7. The van der Waals surface area contributed by atoms with Crippen molar-refractivity contribution in [1.82, 2.24) is 9.97 Å². The number of amides is 2. The summed E-state index contributed by atoms with van der Waals surface area (Å²) in [7, 11) is 5.08. The van der Waals surface area contributed by atoms with Crippen molar-refractivity contribution in [3.05, 3.63) is 35.5 Å². The van der Waals surface area contributed by atoms with Crippen molar-refractivity contribution >= 4 is 40.6 Å². The van der Waals surface area contributed by atoms with Crippen molar-refractivity contribution in [3.63, 3.8) is 0 Å². The third-order valence-corrected chi connectivity index (χ3v) is 4.50. The third kappa shape index (κ3) is 4.11. The number of aromatic nitrogens is 2. The standard InChI is InChI=1S/C18H20ClN5O3/c1-23(2)16-14(9-20-18(22-16)27-3)21-17(26)11-8-15(25)24(10-11)13-6-4-12(19)5-7-13/h4-7,9,11H,8,10H2,1-3H3,(H,21,26).